The van der Waals surface area contributed by atoms with E-state index in [2.05, 4.69) is 10.3 Å². The van der Waals surface area contributed by atoms with E-state index in [4.69, 9.17) is 10.5 Å². The lowest BCUT2D eigenvalue weighted by molar-refractivity contribution is -0.146. The summed E-state index contributed by atoms with van der Waals surface area (Å²) in [5.74, 6) is -0.764. The number of carbonyl (C=O) groups is 2. The lowest BCUT2D eigenvalue weighted by atomic mass is 10.0. The van der Waals surface area contributed by atoms with Crippen LogP contribution >= 0.6 is 11.3 Å². The molecule has 1 amide bonds. The Balaban J connectivity index is 2.03. The topological polar surface area (TPSA) is 94.3 Å². The van der Waals surface area contributed by atoms with Crippen LogP contribution in [0.15, 0.2) is 29.6 Å². The fourth-order valence-corrected chi connectivity index (χ4v) is 3.02. The zero-order valence-electron chi connectivity index (χ0n) is 13.9. The Morgan fingerprint density at radius 1 is 1.38 bits per heavy atom. The molecule has 3 N–H and O–H groups in total. The fraction of sp³-hybridized carbons (Fsp3) is 0.353. The number of nitrogen functional groups attached to an aromatic ring is 1. The van der Waals surface area contributed by atoms with Gasteiger partial charge >= 0.3 is 5.97 Å². The average molecular weight is 347 g/mol. The van der Waals surface area contributed by atoms with Crippen molar-refractivity contribution in [3.05, 3.63) is 35.3 Å². The van der Waals surface area contributed by atoms with E-state index in [1.54, 1.807) is 0 Å². The van der Waals surface area contributed by atoms with Crippen LogP contribution in [0.2, 0.25) is 0 Å². The molecule has 7 heteroatoms. The normalized spacial score (nSPS) is 12.0. The van der Waals surface area contributed by atoms with Gasteiger partial charge in [0.25, 0.3) is 0 Å². The van der Waals surface area contributed by atoms with Gasteiger partial charge in [0.15, 0.2) is 0 Å². The number of aromatic nitrogens is 1. The molecule has 0 saturated heterocycles. The molecule has 6 nitrogen and oxygen atoms in total. The Hall–Kier alpha value is -2.41. The Morgan fingerprint density at radius 2 is 2.12 bits per heavy atom. The van der Waals surface area contributed by atoms with Gasteiger partial charge in [-0.3, -0.25) is 4.79 Å². The summed E-state index contributed by atoms with van der Waals surface area (Å²) in [6.45, 7) is 3.70. The third-order valence-electron chi connectivity index (χ3n) is 3.47. The number of rotatable bonds is 6. The fourth-order valence-electron chi connectivity index (χ4n) is 2.21. The zero-order valence-corrected chi connectivity index (χ0v) is 14.7. The predicted octanol–water partition coefficient (Wildman–Crippen LogP) is 2.25. The molecule has 0 aliphatic heterocycles. The van der Waals surface area contributed by atoms with Crippen LogP contribution in [-0.2, 0) is 20.7 Å². The van der Waals surface area contributed by atoms with E-state index in [0.29, 0.717) is 11.4 Å². The summed E-state index contributed by atoms with van der Waals surface area (Å²) in [4.78, 5) is 28.3. The number of benzene rings is 1. The van der Waals surface area contributed by atoms with Gasteiger partial charge in [0.2, 0.25) is 5.91 Å². The largest absolute Gasteiger partial charge is 0.467 e. The zero-order chi connectivity index (χ0) is 17.7. The quantitative estimate of drug-likeness (QED) is 0.617. The summed E-state index contributed by atoms with van der Waals surface area (Å²) in [6, 6.07) is 6.78. The van der Waals surface area contributed by atoms with Crippen molar-refractivity contribution in [2.75, 3.05) is 12.8 Å². The van der Waals surface area contributed by atoms with Crippen LogP contribution in [0.1, 0.15) is 19.5 Å². The van der Waals surface area contributed by atoms with E-state index in [0.717, 1.165) is 10.6 Å². The molecule has 1 heterocycles. The number of thiazole rings is 1. The second-order valence-electron chi connectivity index (χ2n) is 5.76. The summed E-state index contributed by atoms with van der Waals surface area (Å²) >= 11 is 1.45. The molecule has 24 heavy (non-hydrogen) atoms. The van der Waals surface area contributed by atoms with Crippen LogP contribution in [-0.4, -0.2) is 30.0 Å². The highest BCUT2D eigenvalue weighted by atomic mass is 32.1. The Morgan fingerprint density at radius 3 is 2.75 bits per heavy atom. The van der Waals surface area contributed by atoms with E-state index >= 15 is 0 Å². The molecular weight excluding hydrogens is 326 g/mol. The maximum absolute atomic E-state index is 12.2. The van der Waals surface area contributed by atoms with Crippen molar-refractivity contribution in [1.82, 2.24) is 10.3 Å². The van der Waals surface area contributed by atoms with Crippen molar-refractivity contribution in [3.63, 3.8) is 0 Å². The van der Waals surface area contributed by atoms with Crippen LogP contribution in [0.4, 0.5) is 5.69 Å². The van der Waals surface area contributed by atoms with E-state index in [1.165, 1.54) is 18.4 Å². The highest BCUT2D eigenvalue weighted by Crippen LogP contribution is 2.25. The van der Waals surface area contributed by atoms with Gasteiger partial charge in [-0.25, -0.2) is 9.78 Å². The number of esters is 1. The Bertz CT molecular complexity index is 727. The lowest BCUT2D eigenvalue weighted by Gasteiger charge is -2.19. The maximum Gasteiger partial charge on any atom is 0.328 e. The molecule has 0 aliphatic carbocycles. The molecule has 0 aliphatic rings. The van der Waals surface area contributed by atoms with Crippen molar-refractivity contribution in [2.24, 2.45) is 5.92 Å². The van der Waals surface area contributed by atoms with E-state index in [-0.39, 0.29) is 18.2 Å². The SMILES string of the molecule is COC(=O)C(NC(=O)Cc1csc(-c2cccc(N)c2)n1)C(C)C. The number of anilines is 1. The van der Waals surface area contributed by atoms with Crippen LogP contribution in [0.25, 0.3) is 10.6 Å². The summed E-state index contributed by atoms with van der Waals surface area (Å²) in [6.07, 6.45) is 0.110. The van der Waals surface area contributed by atoms with Crippen molar-refractivity contribution >= 4 is 28.9 Å². The van der Waals surface area contributed by atoms with E-state index < -0.39 is 12.0 Å². The van der Waals surface area contributed by atoms with Crippen LogP contribution in [0.5, 0.6) is 0 Å². The molecule has 0 bridgehead atoms. The molecule has 128 valence electrons. The summed E-state index contributed by atoms with van der Waals surface area (Å²) in [5.41, 5.74) is 8.02. The minimum Gasteiger partial charge on any atom is -0.467 e. The predicted molar refractivity (Wildman–Crippen MR) is 94.5 cm³/mol. The van der Waals surface area contributed by atoms with Gasteiger partial charge < -0.3 is 15.8 Å². The van der Waals surface area contributed by atoms with Gasteiger partial charge in [0.1, 0.15) is 11.0 Å². The molecular formula is C17H21N3O3S. The molecule has 1 aromatic carbocycles. The highest BCUT2D eigenvalue weighted by Gasteiger charge is 2.25. The van der Waals surface area contributed by atoms with Crippen molar-refractivity contribution in [1.29, 1.82) is 0 Å². The van der Waals surface area contributed by atoms with Crippen molar-refractivity contribution in [3.8, 4) is 10.6 Å². The van der Waals surface area contributed by atoms with E-state index in [1.807, 2.05) is 43.5 Å². The summed E-state index contributed by atoms with van der Waals surface area (Å²) in [5, 5.41) is 5.34. The lowest BCUT2D eigenvalue weighted by Crippen LogP contribution is -2.45. The Kier molecular flexibility index (Phi) is 5.92. The average Bonchev–Trinajstić information content (AvgIpc) is 3.00. The molecule has 1 atom stereocenters. The molecule has 0 saturated carbocycles. The van der Waals surface area contributed by atoms with Gasteiger partial charge in [-0.2, -0.15) is 0 Å². The maximum atomic E-state index is 12.2. The summed E-state index contributed by atoms with van der Waals surface area (Å²) < 4.78 is 4.72. The number of hydrogen-bond acceptors (Lipinski definition) is 6. The number of nitrogens with two attached hydrogens (primary N) is 1. The highest BCUT2D eigenvalue weighted by molar-refractivity contribution is 7.13. The molecule has 0 fully saturated rings. The first-order chi connectivity index (χ1) is 11.4. The first kappa shape index (κ1) is 17.9. The third kappa shape index (κ3) is 4.55. The van der Waals surface area contributed by atoms with Crippen LogP contribution < -0.4 is 11.1 Å². The van der Waals surface area contributed by atoms with Crippen molar-refractivity contribution < 1.29 is 14.3 Å². The number of ether oxygens (including phenoxy) is 1. The third-order valence-corrected chi connectivity index (χ3v) is 4.41. The molecule has 0 spiro atoms. The van der Waals surface area contributed by atoms with Gasteiger partial charge in [0, 0.05) is 16.6 Å². The first-order valence-electron chi connectivity index (χ1n) is 7.58. The number of amides is 1. The second kappa shape index (κ2) is 7.92. The van der Waals surface area contributed by atoms with Gasteiger partial charge in [-0.15, -0.1) is 11.3 Å². The summed E-state index contributed by atoms with van der Waals surface area (Å²) in [7, 11) is 1.31. The second-order valence-corrected chi connectivity index (χ2v) is 6.62. The van der Waals surface area contributed by atoms with Crippen molar-refractivity contribution in [2.45, 2.75) is 26.3 Å². The standard InChI is InChI=1S/C17H21N3O3S/c1-10(2)15(17(22)23-3)20-14(21)8-13-9-24-16(19-13)11-5-4-6-12(18)7-11/h4-7,9-10,15H,8,18H2,1-3H3,(H,20,21). The number of hydrogen-bond donors (Lipinski definition) is 2. The minimum absolute atomic E-state index is 0.0558. The monoisotopic (exact) mass is 347 g/mol. The molecule has 1 aromatic heterocycles. The first-order valence-corrected chi connectivity index (χ1v) is 8.46. The van der Waals surface area contributed by atoms with Gasteiger partial charge in [0.05, 0.1) is 19.2 Å². The number of nitrogens with zero attached hydrogens (tertiary/aromatic N) is 1. The van der Waals surface area contributed by atoms with Crippen LogP contribution in [0, 0.1) is 5.92 Å². The molecule has 0 radical (unpaired) electrons. The molecule has 2 rings (SSSR count). The number of methoxy groups -OCH3 is 1. The molecule has 2 aromatic rings. The van der Waals surface area contributed by atoms with Gasteiger partial charge in [-0.1, -0.05) is 26.0 Å². The van der Waals surface area contributed by atoms with Gasteiger partial charge in [-0.05, 0) is 18.1 Å². The van der Waals surface area contributed by atoms with E-state index in [9.17, 15) is 9.59 Å². The van der Waals surface area contributed by atoms with Crippen LogP contribution in [0.3, 0.4) is 0 Å². The minimum atomic E-state index is -0.658. The number of nitrogens with one attached hydrogen (secondary N) is 1. The number of carbonyl (C=O) groups excluding carboxylic acids is 2. The smallest absolute Gasteiger partial charge is 0.328 e. The molecule has 1 unspecified atom stereocenters. The Labute approximate surface area is 145 Å².